The third-order valence-electron chi connectivity index (χ3n) is 2.02. The van der Waals surface area contributed by atoms with Crippen LogP contribution in [0.1, 0.15) is 17.2 Å². The lowest BCUT2D eigenvalue weighted by molar-refractivity contribution is 0.172. The van der Waals surface area contributed by atoms with Gasteiger partial charge in [0.05, 0.1) is 12.7 Å². The molecule has 0 spiro atoms. The highest BCUT2D eigenvalue weighted by atomic mass is 35.5. The Morgan fingerprint density at radius 1 is 1.60 bits per heavy atom. The molecule has 0 fully saturated rings. The number of hydrogen-bond donors (Lipinski definition) is 2. The smallest absolute Gasteiger partial charge is 0.134 e. The normalized spacial score (nSPS) is 12.9. The van der Waals surface area contributed by atoms with Crippen LogP contribution in [0.2, 0.25) is 5.02 Å². The van der Waals surface area contributed by atoms with Crippen molar-refractivity contribution < 1.29 is 14.2 Å². The van der Waals surface area contributed by atoms with Crippen LogP contribution in [-0.2, 0) is 11.3 Å². The molecule has 0 aliphatic carbocycles. The van der Waals surface area contributed by atoms with Crippen LogP contribution in [-0.4, -0.2) is 18.8 Å². The molecule has 1 aromatic carbocycles. The molecule has 0 saturated carbocycles. The zero-order valence-corrected chi connectivity index (χ0v) is 9.09. The van der Waals surface area contributed by atoms with Crippen molar-refractivity contribution in [3.8, 4) is 0 Å². The van der Waals surface area contributed by atoms with E-state index in [1.807, 2.05) is 0 Å². The van der Waals surface area contributed by atoms with Crippen molar-refractivity contribution in [1.82, 2.24) is 0 Å². The highest BCUT2D eigenvalue weighted by Crippen LogP contribution is 2.24. The summed E-state index contributed by atoms with van der Waals surface area (Å²) in [4.78, 5) is 0. The predicted molar refractivity (Wildman–Crippen MR) is 56.1 cm³/mol. The van der Waals surface area contributed by atoms with Gasteiger partial charge in [-0.15, -0.1) is 0 Å². The third kappa shape index (κ3) is 2.89. The first-order valence-electron chi connectivity index (χ1n) is 4.45. The average molecular weight is 234 g/mol. The van der Waals surface area contributed by atoms with Gasteiger partial charge in [-0.05, 0) is 12.1 Å². The van der Waals surface area contributed by atoms with E-state index in [1.54, 1.807) is 0 Å². The van der Waals surface area contributed by atoms with Crippen molar-refractivity contribution in [1.29, 1.82) is 0 Å². The highest BCUT2D eigenvalue weighted by molar-refractivity contribution is 6.30. The fourth-order valence-electron chi connectivity index (χ4n) is 1.30. The molecular weight excluding hydrogens is 221 g/mol. The first-order valence-corrected chi connectivity index (χ1v) is 4.82. The van der Waals surface area contributed by atoms with E-state index in [0.717, 1.165) is 0 Å². The molecule has 0 bridgehead atoms. The number of hydrogen-bond acceptors (Lipinski definition) is 3. The Balaban J connectivity index is 3.15. The Morgan fingerprint density at radius 2 is 2.27 bits per heavy atom. The largest absolute Gasteiger partial charge is 0.387 e. The molecule has 0 heterocycles. The first-order chi connectivity index (χ1) is 7.10. The summed E-state index contributed by atoms with van der Waals surface area (Å²) in [5, 5.41) is 9.82. The maximum atomic E-state index is 13.7. The monoisotopic (exact) mass is 233 g/mol. The van der Waals surface area contributed by atoms with Crippen molar-refractivity contribution >= 4 is 11.6 Å². The summed E-state index contributed by atoms with van der Waals surface area (Å²) < 4.78 is 18.5. The summed E-state index contributed by atoms with van der Waals surface area (Å²) in [7, 11) is 1.46. The standard InChI is InChI=1S/C10H13ClFNO2/c1-15-5-6-2-7(11)3-8(10(6)12)9(14)4-13/h2-3,9,14H,4-5,13H2,1H3. The Morgan fingerprint density at radius 3 is 2.80 bits per heavy atom. The third-order valence-corrected chi connectivity index (χ3v) is 2.24. The van der Waals surface area contributed by atoms with Gasteiger partial charge in [0, 0.05) is 29.8 Å². The molecule has 0 aliphatic heterocycles. The molecule has 0 aliphatic rings. The number of methoxy groups -OCH3 is 1. The molecule has 1 rings (SSSR count). The van der Waals surface area contributed by atoms with E-state index >= 15 is 0 Å². The maximum absolute atomic E-state index is 13.7. The number of aliphatic hydroxyl groups is 1. The van der Waals surface area contributed by atoms with E-state index in [1.165, 1.54) is 19.2 Å². The number of aliphatic hydroxyl groups excluding tert-OH is 1. The summed E-state index contributed by atoms with van der Waals surface area (Å²) >= 11 is 5.78. The topological polar surface area (TPSA) is 55.5 Å². The lowest BCUT2D eigenvalue weighted by Crippen LogP contribution is -2.14. The van der Waals surface area contributed by atoms with E-state index in [4.69, 9.17) is 22.1 Å². The molecule has 5 heteroatoms. The maximum Gasteiger partial charge on any atom is 0.134 e. The van der Waals surface area contributed by atoms with Crippen molar-refractivity contribution in [2.24, 2.45) is 5.73 Å². The van der Waals surface area contributed by atoms with Crippen LogP contribution < -0.4 is 5.73 Å². The second-order valence-electron chi connectivity index (χ2n) is 3.15. The van der Waals surface area contributed by atoms with E-state index in [2.05, 4.69) is 0 Å². The second kappa shape index (κ2) is 5.42. The molecule has 1 aromatic rings. The van der Waals surface area contributed by atoms with Crippen LogP contribution in [0.15, 0.2) is 12.1 Å². The van der Waals surface area contributed by atoms with Gasteiger partial charge >= 0.3 is 0 Å². The molecule has 1 atom stereocenters. The average Bonchev–Trinajstić information content (AvgIpc) is 2.22. The molecule has 3 N–H and O–H groups in total. The van der Waals surface area contributed by atoms with Gasteiger partial charge < -0.3 is 15.6 Å². The van der Waals surface area contributed by atoms with Gasteiger partial charge in [0.25, 0.3) is 0 Å². The number of rotatable bonds is 4. The molecule has 0 saturated heterocycles. The van der Waals surface area contributed by atoms with E-state index in [0.29, 0.717) is 10.6 Å². The summed E-state index contributed by atoms with van der Waals surface area (Å²) in [6.45, 7) is 0.0559. The molecule has 0 amide bonds. The van der Waals surface area contributed by atoms with Crippen molar-refractivity contribution in [3.63, 3.8) is 0 Å². The van der Waals surface area contributed by atoms with Crippen molar-refractivity contribution in [2.75, 3.05) is 13.7 Å². The van der Waals surface area contributed by atoms with Gasteiger partial charge in [0.15, 0.2) is 0 Å². The quantitative estimate of drug-likeness (QED) is 0.831. The lowest BCUT2D eigenvalue weighted by atomic mass is 10.1. The van der Waals surface area contributed by atoms with Gasteiger partial charge in [-0.25, -0.2) is 4.39 Å². The Bertz CT molecular complexity index is 346. The molecule has 15 heavy (non-hydrogen) atoms. The van der Waals surface area contributed by atoms with Crippen molar-refractivity contribution in [2.45, 2.75) is 12.7 Å². The van der Waals surface area contributed by atoms with Crippen LogP contribution in [0.3, 0.4) is 0 Å². The lowest BCUT2D eigenvalue weighted by Gasteiger charge is -2.12. The van der Waals surface area contributed by atoms with Gasteiger partial charge in [0.2, 0.25) is 0 Å². The second-order valence-corrected chi connectivity index (χ2v) is 3.59. The molecule has 1 unspecified atom stereocenters. The minimum Gasteiger partial charge on any atom is -0.387 e. The zero-order valence-electron chi connectivity index (χ0n) is 8.34. The highest BCUT2D eigenvalue weighted by Gasteiger charge is 2.15. The van der Waals surface area contributed by atoms with Crippen LogP contribution in [0.25, 0.3) is 0 Å². The minimum absolute atomic E-state index is 0.0519. The van der Waals surface area contributed by atoms with Crippen LogP contribution >= 0.6 is 11.6 Å². The van der Waals surface area contributed by atoms with Crippen molar-refractivity contribution in [3.05, 3.63) is 34.1 Å². The summed E-state index contributed by atoms with van der Waals surface area (Å²) in [5.74, 6) is -0.515. The van der Waals surface area contributed by atoms with Gasteiger partial charge in [0.1, 0.15) is 5.82 Å². The first kappa shape index (κ1) is 12.4. The van der Waals surface area contributed by atoms with Gasteiger partial charge in [-0.1, -0.05) is 11.6 Å². The molecule has 0 radical (unpaired) electrons. The molecule has 3 nitrogen and oxygen atoms in total. The van der Waals surface area contributed by atoms with E-state index in [-0.39, 0.29) is 18.7 Å². The summed E-state index contributed by atoms with van der Waals surface area (Å²) in [5.41, 5.74) is 5.68. The molecule has 0 aromatic heterocycles. The molecular formula is C10H13ClFNO2. The predicted octanol–water partition coefficient (Wildman–Crippen LogP) is 1.62. The fourth-order valence-corrected chi connectivity index (χ4v) is 1.55. The van der Waals surface area contributed by atoms with Gasteiger partial charge in [-0.3, -0.25) is 0 Å². The van der Waals surface area contributed by atoms with Crippen LogP contribution in [0, 0.1) is 5.82 Å². The Hall–Kier alpha value is -0.680. The zero-order chi connectivity index (χ0) is 11.4. The van der Waals surface area contributed by atoms with E-state index < -0.39 is 11.9 Å². The number of halogens is 2. The molecule has 84 valence electrons. The van der Waals surface area contributed by atoms with E-state index in [9.17, 15) is 9.50 Å². The summed E-state index contributed by atoms with van der Waals surface area (Å²) in [6, 6.07) is 2.83. The fraction of sp³-hybridized carbons (Fsp3) is 0.400. The Labute approximate surface area is 92.6 Å². The number of nitrogens with two attached hydrogens (primary N) is 1. The SMILES string of the molecule is COCc1cc(Cl)cc(C(O)CN)c1F. The summed E-state index contributed by atoms with van der Waals surface area (Å²) in [6.07, 6.45) is -1.04. The number of ether oxygens (including phenoxy) is 1. The Kier molecular flexibility index (Phi) is 4.47. The number of benzene rings is 1. The van der Waals surface area contributed by atoms with Crippen LogP contribution in [0.4, 0.5) is 4.39 Å². The minimum atomic E-state index is -1.04. The van der Waals surface area contributed by atoms with Gasteiger partial charge in [-0.2, -0.15) is 0 Å². The van der Waals surface area contributed by atoms with Crippen LogP contribution in [0.5, 0.6) is 0 Å².